The van der Waals surface area contributed by atoms with E-state index >= 15 is 0 Å². The lowest BCUT2D eigenvalue weighted by Crippen LogP contribution is -1.93. The smallest absolute Gasteiger partial charge is 0.0512 e. The minimum Gasteiger partial charge on any atom is -0.0512 e. The Morgan fingerprint density at radius 2 is 2.33 bits per heavy atom. The minimum absolute atomic E-state index is 0.480. The molecule has 0 spiro atoms. The van der Waals surface area contributed by atoms with Crippen molar-refractivity contribution >= 4 is 10.9 Å². The van der Waals surface area contributed by atoms with Gasteiger partial charge in [0.2, 0.25) is 0 Å². The van der Waals surface area contributed by atoms with E-state index in [9.17, 15) is 0 Å². The highest BCUT2D eigenvalue weighted by atomic mass is 32.2. The maximum Gasteiger partial charge on any atom is 0.111 e. The van der Waals surface area contributed by atoms with Gasteiger partial charge in [-0.3, -0.25) is 0 Å². The zero-order valence-corrected chi connectivity index (χ0v) is 5.22. The predicted octanol–water partition coefficient (Wildman–Crippen LogP) is 1.40. The first-order valence-electron chi connectivity index (χ1n) is 2.05. The van der Waals surface area contributed by atoms with Crippen molar-refractivity contribution < 1.29 is 0 Å². The second-order valence-corrected chi connectivity index (χ2v) is 3.44. The Labute approximate surface area is 42.6 Å². The molecular weight excluding hydrogens is 92.1 g/mol. The summed E-state index contributed by atoms with van der Waals surface area (Å²) in [6.07, 6.45) is 2.19. The fraction of sp³-hybridized carbons (Fsp3) is 0.600. The highest BCUT2D eigenvalue weighted by molar-refractivity contribution is 7.98. The van der Waals surface area contributed by atoms with E-state index in [2.05, 4.69) is 19.8 Å². The molecule has 0 N–H and O–H groups in total. The van der Waals surface area contributed by atoms with Gasteiger partial charge in [0, 0.05) is 10.9 Å². The third-order valence-electron chi connectivity index (χ3n) is 0.740. The average molecular weight is 103 g/mol. The summed E-state index contributed by atoms with van der Waals surface area (Å²) in [7, 11) is 0.480. The van der Waals surface area contributed by atoms with E-state index in [-0.39, 0.29) is 0 Å². The molecule has 6 heavy (non-hydrogen) atoms. The lowest BCUT2D eigenvalue weighted by atomic mass is 11.0. The zero-order chi connectivity index (χ0) is 4.99. The Balaban J connectivity index is 2.96. The average Bonchev–Trinajstić information content (AvgIpc) is 1.65. The Kier molecular flexibility index (Phi) is 3.34. The van der Waals surface area contributed by atoms with Crippen molar-refractivity contribution in [2.75, 3.05) is 12.0 Å². The largest absolute Gasteiger partial charge is 0.111 e. The standard InChI is InChI=1S/C5H11S/c1-4-6(3)5-2/h4H,1,5H2,2-3H3/q+1. The second kappa shape index (κ2) is 3.29. The van der Waals surface area contributed by atoms with Gasteiger partial charge < -0.3 is 0 Å². The monoisotopic (exact) mass is 103 g/mol. The van der Waals surface area contributed by atoms with Crippen LogP contribution in [0, 0.1) is 0 Å². The molecule has 36 valence electrons. The first-order chi connectivity index (χ1) is 2.81. The first kappa shape index (κ1) is 6.09. The fourth-order valence-corrected chi connectivity index (χ4v) is 0.354. The van der Waals surface area contributed by atoms with Crippen molar-refractivity contribution in [3.8, 4) is 0 Å². The van der Waals surface area contributed by atoms with E-state index in [1.54, 1.807) is 0 Å². The third kappa shape index (κ3) is 2.33. The van der Waals surface area contributed by atoms with E-state index in [1.165, 1.54) is 5.75 Å². The summed E-state index contributed by atoms with van der Waals surface area (Å²) in [6.45, 7) is 5.82. The van der Waals surface area contributed by atoms with Crippen LogP contribution in [0.3, 0.4) is 0 Å². The van der Waals surface area contributed by atoms with Gasteiger partial charge in [0.1, 0.15) is 17.4 Å². The van der Waals surface area contributed by atoms with Crippen molar-refractivity contribution in [2.24, 2.45) is 0 Å². The van der Waals surface area contributed by atoms with Crippen LogP contribution in [-0.2, 0) is 10.9 Å². The van der Waals surface area contributed by atoms with Crippen LogP contribution in [0.5, 0.6) is 0 Å². The van der Waals surface area contributed by atoms with Crippen LogP contribution in [0.1, 0.15) is 6.92 Å². The van der Waals surface area contributed by atoms with E-state index in [1.807, 2.05) is 5.41 Å². The summed E-state index contributed by atoms with van der Waals surface area (Å²) >= 11 is 0. The predicted molar refractivity (Wildman–Crippen MR) is 34.0 cm³/mol. The lowest BCUT2D eigenvalue weighted by molar-refractivity contribution is 1.52. The molecule has 0 bridgehead atoms. The molecule has 0 saturated heterocycles. The molecule has 0 aliphatic rings. The summed E-state index contributed by atoms with van der Waals surface area (Å²) in [5.41, 5.74) is 0. The van der Waals surface area contributed by atoms with Crippen LogP contribution in [-0.4, -0.2) is 12.0 Å². The Bertz CT molecular complexity index is 41.2. The Hall–Kier alpha value is 0.0900. The first-order valence-corrected chi connectivity index (χ1v) is 3.91. The second-order valence-electron chi connectivity index (χ2n) is 1.15. The molecule has 0 rings (SSSR count). The molecule has 0 aliphatic carbocycles. The van der Waals surface area contributed by atoms with Crippen LogP contribution in [0.4, 0.5) is 0 Å². The van der Waals surface area contributed by atoms with Gasteiger partial charge in [-0.15, -0.1) is 0 Å². The molecule has 0 saturated carbocycles. The van der Waals surface area contributed by atoms with Crippen molar-refractivity contribution in [3.63, 3.8) is 0 Å². The fourth-order valence-electron chi connectivity index (χ4n) is 0.118. The van der Waals surface area contributed by atoms with E-state index in [0.717, 1.165) is 0 Å². The summed E-state index contributed by atoms with van der Waals surface area (Å²) in [6, 6.07) is 0. The van der Waals surface area contributed by atoms with Crippen molar-refractivity contribution in [3.05, 3.63) is 12.0 Å². The molecule has 0 heterocycles. The van der Waals surface area contributed by atoms with Crippen LogP contribution < -0.4 is 0 Å². The van der Waals surface area contributed by atoms with E-state index < -0.39 is 0 Å². The molecule has 1 heteroatoms. The normalized spacial score (nSPS) is 13.7. The topological polar surface area (TPSA) is 0 Å². The molecule has 0 aromatic carbocycles. The lowest BCUT2D eigenvalue weighted by Gasteiger charge is -1.83. The highest BCUT2D eigenvalue weighted by Gasteiger charge is 1.95. The summed E-state index contributed by atoms with van der Waals surface area (Å²) < 4.78 is 0. The van der Waals surface area contributed by atoms with E-state index in [0.29, 0.717) is 10.9 Å². The zero-order valence-electron chi connectivity index (χ0n) is 4.40. The highest BCUT2D eigenvalue weighted by Crippen LogP contribution is 1.86. The van der Waals surface area contributed by atoms with Gasteiger partial charge in [-0.1, -0.05) is 6.58 Å². The summed E-state index contributed by atoms with van der Waals surface area (Å²) in [4.78, 5) is 0. The minimum atomic E-state index is 0.480. The van der Waals surface area contributed by atoms with Crippen LogP contribution in [0.2, 0.25) is 0 Å². The van der Waals surface area contributed by atoms with Crippen LogP contribution >= 0.6 is 0 Å². The quantitative estimate of drug-likeness (QED) is 0.463. The van der Waals surface area contributed by atoms with Crippen molar-refractivity contribution in [1.82, 2.24) is 0 Å². The molecule has 0 fully saturated rings. The SMILES string of the molecule is C=C[S+](C)CC. The van der Waals surface area contributed by atoms with Crippen LogP contribution in [0.15, 0.2) is 12.0 Å². The Morgan fingerprint density at radius 1 is 1.83 bits per heavy atom. The summed E-state index contributed by atoms with van der Waals surface area (Å²) in [5.74, 6) is 1.24. The van der Waals surface area contributed by atoms with Gasteiger partial charge in [-0.05, 0) is 6.92 Å². The molecule has 0 nitrogen and oxygen atoms in total. The molecule has 0 radical (unpaired) electrons. The number of hydrogen-bond acceptors (Lipinski definition) is 0. The van der Waals surface area contributed by atoms with Crippen molar-refractivity contribution in [1.29, 1.82) is 0 Å². The molecular formula is C5H11S+. The maximum absolute atomic E-state index is 3.64. The third-order valence-corrected chi connectivity index (χ3v) is 2.22. The molecule has 1 atom stereocenters. The van der Waals surface area contributed by atoms with Crippen molar-refractivity contribution in [2.45, 2.75) is 6.92 Å². The number of rotatable bonds is 2. The molecule has 0 aromatic rings. The van der Waals surface area contributed by atoms with Gasteiger partial charge in [-0.25, -0.2) is 0 Å². The maximum atomic E-state index is 3.64. The van der Waals surface area contributed by atoms with Gasteiger partial charge in [0.05, 0.1) is 0 Å². The molecule has 0 amide bonds. The number of hydrogen-bond donors (Lipinski definition) is 0. The van der Waals surface area contributed by atoms with Gasteiger partial charge in [0.15, 0.2) is 0 Å². The molecule has 1 unspecified atom stereocenters. The molecule has 0 aliphatic heterocycles. The van der Waals surface area contributed by atoms with Gasteiger partial charge >= 0.3 is 0 Å². The van der Waals surface area contributed by atoms with Gasteiger partial charge in [-0.2, -0.15) is 0 Å². The molecule has 0 aromatic heterocycles. The summed E-state index contributed by atoms with van der Waals surface area (Å²) in [5, 5.41) is 2.00. The van der Waals surface area contributed by atoms with E-state index in [4.69, 9.17) is 0 Å². The Morgan fingerprint density at radius 3 is 2.33 bits per heavy atom. The van der Waals surface area contributed by atoms with Crippen LogP contribution in [0.25, 0.3) is 0 Å². The van der Waals surface area contributed by atoms with Gasteiger partial charge in [0.25, 0.3) is 0 Å².